The number of nitro groups is 1. The topological polar surface area (TPSA) is 69.4 Å². The summed E-state index contributed by atoms with van der Waals surface area (Å²) in [7, 11) is 0. The molecule has 0 saturated heterocycles. The quantitative estimate of drug-likeness (QED) is 0.486. The van der Waals surface area contributed by atoms with Crippen molar-refractivity contribution < 1.29 is 14.5 Å². The molecule has 5 heteroatoms. The molecule has 0 aromatic heterocycles. The zero-order chi connectivity index (χ0) is 14.5. The number of nitrogens with zero attached hydrogens (tertiary/aromatic N) is 1. The van der Waals surface area contributed by atoms with Crippen molar-refractivity contribution in [2.75, 3.05) is 0 Å². The highest BCUT2D eigenvalue weighted by Gasteiger charge is 2.23. The molecule has 0 radical (unpaired) electrons. The van der Waals surface area contributed by atoms with E-state index >= 15 is 0 Å². The fraction of sp³-hybridized carbons (Fsp3) is 0.133. The third-order valence-corrected chi connectivity index (χ3v) is 2.85. The number of hydrogen-bond acceptors (Lipinski definition) is 4. The van der Waals surface area contributed by atoms with Crippen LogP contribution >= 0.6 is 0 Å². The van der Waals surface area contributed by atoms with Gasteiger partial charge in [-0.15, -0.1) is 0 Å². The van der Waals surface area contributed by atoms with Gasteiger partial charge in [-0.2, -0.15) is 0 Å². The number of nitro benzene ring substituents is 1. The zero-order valence-corrected chi connectivity index (χ0v) is 10.9. The van der Waals surface area contributed by atoms with Crippen LogP contribution in [0.1, 0.15) is 21.5 Å². The van der Waals surface area contributed by atoms with Crippen molar-refractivity contribution in [3.05, 3.63) is 75.3 Å². The molecule has 0 heterocycles. The van der Waals surface area contributed by atoms with Gasteiger partial charge in [-0.05, 0) is 18.6 Å². The smallest absolute Gasteiger partial charge is 0.345 e. The number of para-hydroxylation sites is 1. The number of carbonyl (C=O) groups excluding carboxylic acids is 1. The van der Waals surface area contributed by atoms with E-state index in [1.54, 1.807) is 19.1 Å². The molecule has 2 aromatic rings. The van der Waals surface area contributed by atoms with Crippen molar-refractivity contribution in [1.29, 1.82) is 0 Å². The fourth-order valence-electron chi connectivity index (χ4n) is 1.87. The molecule has 0 aliphatic carbocycles. The molecule has 0 bridgehead atoms. The number of aryl methyl sites for hydroxylation is 1. The zero-order valence-electron chi connectivity index (χ0n) is 10.9. The van der Waals surface area contributed by atoms with E-state index in [0.29, 0.717) is 5.56 Å². The first kappa shape index (κ1) is 13.7. The molecular weight excluding hydrogens is 258 g/mol. The minimum absolute atomic E-state index is 0.0223. The molecule has 0 atom stereocenters. The normalized spacial score (nSPS) is 10.1. The number of ether oxygens (including phenoxy) is 1. The van der Waals surface area contributed by atoms with E-state index in [9.17, 15) is 14.9 Å². The van der Waals surface area contributed by atoms with E-state index in [1.165, 1.54) is 6.07 Å². The van der Waals surface area contributed by atoms with Gasteiger partial charge < -0.3 is 4.74 Å². The Morgan fingerprint density at radius 2 is 1.85 bits per heavy atom. The maximum atomic E-state index is 12.0. The van der Waals surface area contributed by atoms with Crippen LogP contribution in [0, 0.1) is 17.0 Å². The van der Waals surface area contributed by atoms with Gasteiger partial charge in [0.15, 0.2) is 0 Å². The first-order valence-corrected chi connectivity index (χ1v) is 6.04. The van der Waals surface area contributed by atoms with Gasteiger partial charge in [0.1, 0.15) is 12.2 Å². The van der Waals surface area contributed by atoms with Crippen molar-refractivity contribution in [3.8, 4) is 0 Å². The van der Waals surface area contributed by atoms with Gasteiger partial charge in [-0.25, -0.2) is 4.79 Å². The van der Waals surface area contributed by atoms with E-state index in [-0.39, 0.29) is 17.9 Å². The average molecular weight is 271 g/mol. The SMILES string of the molecule is Cc1cccc(C(=O)OCc2ccccc2)c1[N+](=O)[O-]. The number of carbonyl (C=O) groups is 1. The van der Waals surface area contributed by atoms with Gasteiger partial charge in [0.05, 0.1) is 4.92 Å². The van der Waals surface area contributed by atoms with Crippen LogP contribution in [0.4, 0.5) is 5.69 Å². The molecule has 102 valence electrons. The molecule has 2 rings (SSSR count). The van der Waals surface area contributed by atoms with Gasteiger partial charge >= 0.3 is 5.97 Å². The monoisotopic (exact) mass is 271 g/mol. The summed E-state index contributed by atoms with van der Waals surface area (Å²) >= 11 is 0. The third-order valence-electron chi connectivity index (χ3n) is 2.85. The Bertz CT molecular complexity index is 638. The number of rotatable bonds is 4. The Morgan fingerprint density at radius 3 is 2.50 bits per heavy atom. The number of benzene rings is 2. The second-order valence-electron chi connectivity index (χ2n) is 4.29. The molecule has 0 saturated carbocycles. The minimum Gasteiger partial charge on any atom is -0.457 e. The summed E-state index contributed by atoms with van der Waals surface area (Å²) in [6.45, 7) is 1.68. The molecule has 0 aliphatic rings. The van der Waals surface area contributed by atoms with Crippen LogP contribution in [0.3, 0.4) is 0 Å². The molecular formula is C15H13NO4. The van der Waals surface area contributed by atoms with Gasteiger partial charge in [-0.1, -0.05) is 42.5 Å². The van der Waals surface area contributed by atoms with Crippen LogP contribution in [0.2, 0.25) is 0 Å². The Labute approximate surface area is 116 Å². The first-order chi connectivity index (χ1) is 9.59. The summed E-state index contributed by atoms with van der Waals surface area (Å²) in [4.78, 5) is 22.4. The lowest BCUT2D eigenvalue weighted by atomic mass is 10.1. The van der Waals surface area contributed by atoms with E-state index < -0.39 is 10.9 Å². The molecule has 0 N–H and O–H groups in total. The predicted octanol–water partition coefficient (Wildman–Crippen LogP) is 3.26. The second-order valence-corrected chi connectivity index (χ2v) is 4.29. The van der Waals surface area contributed by atoms with Crippen LogP contribution in [0.25, 0.3) is 0 Å². The van der Waals surface area contributed by atoms with Crippen LogP contribution in [0.5, 0.6) is 0 Å². The molecule has 0 spiro atoms. The lowest BCUT2D eigenvalue weighted by molar-refractivity contribution is -0.385. The highest BCUT2D eigenvalue weighted by atomic mass is 16.6. The minimum atomic E-state index is -0.691. The highest BCUT2D eigenvalue weighted by molar-refractivity contribution is 5.94. The molecule has 0 fully saturated rings. The van der Waals surface area contributed by atoms with Crippen LogP contribution < -0.4 is 0 Å². The van der Waals surface area contributed by atoms with Crippen molar-refractivity contribution in [2.24, 2.45) is 0 Å². The third kappa shape index (κ3) is 3.00. The van der Waals surface area contributed by atoms with Crippen LogP contribution in [-0.4, -0.2) is 10.9 Å². The standard InChI is InChI=1S/C15H13NO4/c1-11-6-5-9-13(14(11)16(18)19)15(17)20-10-12-7-3-2-4-8-12/h2-9H,10H2,1H3. The van der Waals surface area contributed by atoms with E-state index in [0.717, 1.165) is 5.56 Å². The maximum absolute atomic E-state index is 12.0. The molecule has 0 aliphatic heterocycles. The summed E-state index contributed by atoms with van der Waals surface area (Å²) in [5.41, 5.74) is 1.04. The lowest BCUT2D eigenvalue weighted by Gasteiger charge is -2.06. The van der Waals surface area contributed by atoms with Crippen LogP contribution in [0.15, 0.2) is 48.5 Å². The maximum Gasteiger partial charge on any atom is 0.345 e. The lowest BCUT2D eigenvalue weighted by Crippen LogP contribution is -2.09. The van der Waals surface area contributed by atoms with E-state index in [1.807, 2.05) is 30.3 Å². The van der Waals surface area contributed by atoms with E-state index in [2.05, 4.69) is 0 Å². The summed E-state index contributed by atoms with van der Waals surface area (Å²) in [5.74, 6) is -0.691. The fourth-order valence-corrected chi connectivity index (χ4v) is 1.87. The summed E-state index contributed by atoms with van der Waals surface area (Å²) in [6.07, 6.45) is 0. The van der Waals surface area contributed by atoms with Gasteiger partial charge in [-0.3, -0.25) is 10.1 Å². The Hall–Kier alpha value is -2.69. The average Bonchev–Trinajstić information content (AvgIpc) is 2.45. The summed E-state index contributed by atoms with van der Waals surface area (Å²) in [5, 5.41) is 11.0. The molecule has 2 aromatic carbocycles. The van der Waals surface area contributed by atoms with Crippen molar-refractivity contribution in [3.63, 3.8) is 0 Å². The van der Waals surface area contributed by atoms with Gasteiger partial charge in [0.25, 0.3) is 5.69 Å². The Morgan fingerprint density at radius 1 is 1.15 bits per heavy atom. The Balaban J connectivity index is 2.18. The number of hydrogen-bond donors (Lipinski definition) is 0. The predicted molar refractivity (Wildman–Crippen MR) is 73.4 cm³/mol. The highest BCUT2D eigenvalue weighted by Crippen LogP contribution is 2.24. The first-order valence-electron chi connectivity index (χ1n) is 6.04. The van der Waals surface area contributed by atoms with E-state index in [4.69, 9.17) is 4.74 Å². The largest absolute Gasteiger partial charge is 0.457 e. The molecule has 5 nitrogen and oxygen atoms in total. The number of esters is 1. The van der Waals surface area contributed by atoms with Gasteiger partial charge in [0, 0.05) is 5.56 Å². The Kier molecular flexibility index (Phi) is 4.10. The van der Waals surface area contributed by atoms with Gasteiger partial charge in [0.2, 0.25) is 0 Å². The second kappa shape index (κ2) is 5.97. The summed E-state index contributed by atoms with van der Waals surface area (Å²) < 4.78 is 5.12. The van der Waals surface area contributed by atoms with Crippen LogP contribution in [-0.2, 0) is 11.3 Å². The van der Waals surface area contributed by atoms with Crippen molar-refractivity contribution in [2.45, 2.75) is 13.5 Å². The van der Waals surface area contributed by atoms with Crippen molar-refractivity contribution >= 4 is 11.7 Å². The summed E-state index contributed by atoms with van der Waals surface area (Å²) in [6, 6.07) is 13.7. The molecule has 0 unspecified atom stereocenters. The van der Waals surface area contributed by atoms with Crippen molar-refractivity contribution in [1.82, 2.24) is 0 Å². The molecule has 20 heavy (non-hydrogen) atoms. The molecule has 0 amide bonds.